The van der Waals surface area contributed by atoms with Crippen LogP contribution in [0.2, 0.25) is 0 Å². The molecule has 2 N–H and O–H groups in total. The van der Waals surface area contributed by atoms with Crippen molar-refractivity contribution in [2.45, 2.75) is 38.0 Å². The molecular weight excluding hydrogens is 400 g/mol. The van der Waals surface area contributed by atoms with E-state index in [-0.39, 0.29) is 18.1 Å². The molecule has 0 aliphatic carbocycles. The van der Waals surface area contributed by atoms with Gasteiger partial charge in [-0.2, -0.15) is 0 Å². The van der Waals surface area contributed by atoms with Crippen molar-refractivity contribution >= 4 is 17.2 Å². The van der Waals surface area contributed by atoms with E-state index in [0.29, 0.717) is 29.9 Å². The highest BCUT2D eigenvalue weighted by Crippen LogP contribution is 2.33. The number of hydrogen-bond acceptors (Lipinski definition) is 7. The number of ether oxygens (including phenoxy) is 2. The largest absolute Gasteiger partial charge is 0.445 e. The van der Waals surface area contributed by atoms with Gasteiger partial charge in [-0.25, -0.2) is 4.98 Å². The fraction of sp³-hybridized carbons (Fsp3) is 0.545. The standard InChI is InChI=1S/C22H28N4O3S/c1-14-20(15-6-9-26(14)10-7-15)25-21(27)16-2-4-17(5-3-16)29-19-13-24-22(30-19)18-12-23-8-11-28-18/h2-5,13-15,18,20,23H,6-12H2,1H3,(H,25,27)/t14-,18?,20-/m0/s1. The highest BCUT2D eigenvalue weighted by atomic mass is 32.1. The average molecular weight is 429 g/mol. The van der Waals surface area contributed by atoms with Gasteiger partial charge in [0, 0.05) is 30.7 Å². The van der Waals surface area contributed by atoms with E-state index in [2.05, 4.69) is 27.4 Å². The highest BCUT2D eigenvalue weighted by molar-refractivity contribution is 7.13. The lowest BCUT2D eigenvalue weighted by Crippen LogP contribution is -2.62. The van der Waals surface area contributed by atoms with Gasteiger partial charge in [-0.15, -0.1) is 0 Å². The van der Waals surface area contributed by atoms with Gasteiger partial charge in [0.25, 0.3) is 5.91 Å². The third kappa shape index (κ3) is 4.09. The van der Waals surface area contributed by atoms with Crippen molar-refractivity contribution < 1.29 is 14.3 Å². The molecule has 4 aliphatic heterocycles. The predicted molar refractivity (Wildman–Crippen MR) is 115 cm³/mol. The highest BCUT2D eigenvalue weighted by Gasteiger charge is 2.40. The van der Waals surface area contributed by atoms with Crippen LogP contribution in [0.1, 0.15) is 41.2 Å². The fourth-order valence-corrected chi connectivity index (χ4v) is 5.60. The van der Waals surface area contributed by atoms with Gasteiger partial charge in [0.2, 0.25) is 5.06 Å². The van der Waals surface area contributed by atoms with Gasteiger partial charge in [-0.3, -0.25) is 9.69 Å². The zero-order valence-corrected chi connectivity index (χ0v) is 18.0. The molecule has 1 aromatic heterocycles. The summed E-state index contributed by atoms with van der Waals surface area (Å²) >= 11 is 1.49. The first-order chi connectivity index (χ1) is 14.7. The molecule has 7 nitrogen and oxygen atoms in total. The number of carbonyl (C=O) groups excluding carboxylic acids is 1. The molecule has 1 unspecified atom stereocenters. The maximum atomic E-state index is 12.8. The van der Waals surface area contributed by atoms with Crippen LogP contribution in [-0.2, 0) is 4.74 Å². The smallest absolute Gasteiger partial charge is 0.251 e. The number of thiazole rings is 1. The summed E-state index contributed by atoms with van der Waals surface area (Å²) in [6.07, 6.45) is 4.08. The lowest BCUT2D eigenvalue weighted by atomic mass is 9.79. The Morgan fingerprint density at radius 1 is 1.30 bits per heavy atom. The van der Waals surface area contributed by atoms with Crippen LogP contribution in [0.4, 0.5) is 0 Å². The van der Waals surface area contributed by atoms with Crippen LogP contribution in [0.5, 0.6) is 10.8 Å². The molecule has 4 fully saturated rings. The predicted octanol–water partition coefficient (Wildman–Crippen LogP) is 2.81. The van der Waals surface area contributed by atoms with Crippen LogP contribution in [0, 0.1) is 5.92 Å². The number of piperidine rings is 3. The molecule has 6 rings (SSSR count). The second-order valence-electron chi connectivity index (χ2n) is 8.32. The summed E-state index contributed by atoms with van der Waals surface area (Å²) in [6.45, 7) is 6.89. The Bertz CT molecular complexity index is 871. The lowest BCUT2D eigenvalue weighted by Gasteiger charge is -2.49. The number of morpholine rings is 1. The van der Waals surface area contributed by atoms with Crippen molar-refractivity contribution in [1.82, 2.24) is 20.5 Å². The van der Waals surface area contributed by atoms with Crippen molar-refractivity contribution in [3.05, 3.63) is 41.0 Å². The van der Waals surface area contributed by atoms with E-state index in [1.165, 1.54) is 24.2 Å². The number of benzene rings is 1. The Morgan fingerprint density at radius 3 is 2.80 bits per heavy atom. The summed E-state index contributed by atoms with van der Waals surface area (Å²) in [5, 5.41) is 8.22. The van der Waals surface area contributed by atoms with Crippen molar-refractivity contribution in [2.75, 3.05) is 32.8 Å². The molecular formula is C22H28N4O3S. The summed E-state index contributed by atoms with van der Waals surface area (Å²) in [5.74, 6) is 1.29. The quantitative estimate of drug-likeness (QED) is 0.763. The van der Waals surface area contributed by atoms with E-state index >= 15 is 0 Å². The topological polar surface area (TPSA) is 75.7 Å². The zero-order valence-electron chi connectivity index (χ0n) is 17.2. The number of aromatic nitrogens is 1. The van der Waals surface area contributed by atoms with Gasteiger partial charge in [-0.1, -0.05) is 11.3 Å². The number of amides is 1. The summed E-state index contributed by atoms with van der Waals surface area (Å²) < 4.78 is 11.7. The van der Waals surface area contributed by atoms with Crippen molar-refractivity contribution in [3.63, 3.8) is 0 Å². The molecule has 4 aliphatic rings. The summed E-state index contributed by atoms with van der Waals surface area (Å²) in [7, 11) is 0. The molecule has 160 valence electrons. The minimum absolute atomic E-state index is 0.00539. The van der Waals surface area contributed by atoms with E-state index in [4.69, 9.17) is 9.47 Å². The van der Waals surface area contributed by atoms with Crippen molar-refractivity contribution in [1.29, 1.82) is 0 Å². The van der Waals surface area contributed by atoms with Gasteiger partial charge in [0.15, 0.2) is 0 Å². The molecule has 30 heavy (non-hydrogen) atoms. The molecule has 2 aromatic rings. The Balaban J connectivity index is 1.19. The molecule has 5 heterocycles. The van der Waals surface area contributed by atoms with E-state index < -0.39 is 0 Å². The van der Waals surface area contributed by atoms with E-state index in [1.54, 1.807) is 6.20 Å². The van der Waals surface area contributed by atoms with Gasteiger partial charge < -0.3 is 20.1 Å². The maximum Gasteiger partial charge on any atom is 0.251 e. The molecule has 4 saturated heterocycles. The molecule has 3 atom stereocenters. The second kappa shape index (κ2) is 8.63. The fourth-order valence-electron chi connectivity index (χ4n) is 4.76. The van der Waals surface area contributed by atoms with Crippen LogP contribution in [0.25, 0.3) is 0 Å². The van der Waals surface area contributed by atoms with Gasteiger partial charge in [-0.05, 0) is 63.0 Å². The molecule has 0 saturated carbocycles. The minimum atomic E-state index is -0.0130. The molecule has 1 aromatic carbocycles. The van der Waals surface area contributed by atoms with Gasteiger partial charge in [0.05, 0.1) is 12.8 Å². The van der Waals surface area contributed by atoms with Crippen LogP contribution in [0.3, 0.4) is 0 Å². The molecule has 0 spiro atoms. The SMILES string of the molecule is C[C@H]1[C@H](NC(=O)c2ccc(Oc3cnc(C4CNCCO4)s3)cc2)C2CCN1CC2. The molecule has 0 radical (unpaired) electrons. The molecule has 2 bridgehead atoms. The first kappa shape index (κ1) is 19.9. The average Bonchev–Trinajstić information content (AvgIpc) is 3.26. The van der Waals surface area contributed by atoms with Crippen molar-refractivity contribution in [3.8, 4) is 10.8 Å². The number of rotatable bonds is 5. The second-order valence-corrected chi connectivity index (χ2v) is 9.35. The molecule has 1 amide bonds. The Labute approximate surface area is 180 Å². The number of carbonyl (C=O) groups is 1. The summed E-state index contributed by atoms with van der Waals surface area (Å²) in [6, 6.07) is 7.98. The summed E-state index contributed by atoms with van der Waals surface area (Å²) in [4.78, 5) is 19.7. The zero-order chi connectivity index (χ0) is 20.5. The number of nitrogens with zero attached hydrogens (tertiary/aromatic N) is 2. The Hall–Kier alpha value is -2.00. The Morgan fingerprint density at radius 2 is 2.10 bits per heavy atom. The Kier molecular flexibility index (Phi) is 5.73. The van der Waals surface area contributed by atoms with E-state index in [1.807, 2.05) is 24.3 Å². The molecule has 8 heteroatoms. The number of nitrogens with one attached hydrogen (secondary N) is 2. The van der Waals surface area contributed by atoms with E-state index in [9.17, 15) is 4.79 Å². The van der Waals surface area contributed by atoms with Crippen LogP contribution >= 0.6 is 11.3 Å². The van der Waals surface area contributed by atoms with Crippen molar-refractivity contribution in [2.24, 2.45) is 5.92 Å². The van der Waals surface area contributed by atoms with Crippen LogP contribution in [0.15, 0.2) is 30.5 Å². The monoisotopic (exact) mass is 428 g/mol. The number of fused-ring (bicyclic) bond motifs is 3. The summed E-state index contributed by atoms with van der Waals surface area (Å²) in [5.41, 5.74) is 0.665. The van der Waals surface area contributed by atoms with Gasteiger partial charge >= 0.3 is 0 Å². The first-order valence-corrected chi connectivity index (χ1v) is 11.6. The van der Waals surface area contributed by atoms with Gasteiger partial charge in [0.1, 0.15) is 16.9 Å². The maximum absolute atomic E-state index is 12.8. The first-order valence-electron chi connectivity index (χ1n) is 10.8. The number of hydrogen-bond donors (Lipinski definition) is 2. The lowest BCUT2D eigenvalue weighted by molar-refractivity contribution is 0.0217. The third-order valence-electron chi connectivity index (χ3n) is 6.52. The third-order valence-corrected chi connectivity index (χ3v) is 7.48. The van der Waals surface area contributed by atoms with Crippen LogP contribution < -0.4 is 15.4 Å². The van der Waals surface area contributed by atoms with Crippen LogP contribution in [-0.4, -0.2) is 60.7 Å². The normalized spacial score (nSPS) is 30.8. The minimum Gasteiger partial charge on any atom is -0.445 e. The van der Waals surface area contributed by atoms with E-state index in [0.717, 1.165) is 36.2 Å².